The average molecular weight is 497 g/mol. The van der Waals surface area contributed by atoms with Crippen LogP contribution in [-0.4, -0.2) is 78.7 Å². The van der Waals surface area contributed by atoms with Crippen molar-refractivity contribution in [3.8, 4) is 11.5 Å². The lowest BCUT2D eigenvalue weighted by Crippen LogP contribution is -2.38. The van der Waals surface area contributed by atoms with Crippen LogP contribution in [0.3, 0.4) is 0 Å². The van der Waals surface area contributed by atoms with Crippen LogP contribution in [0, 0.1) is 12.8 Å². The maximum atomic E-state index is 11.6. The summed E-state index contributed by atoms with van der Waals surface area (Å²) in [6.45, 7) is 10.2. The summed E-state index contributed by atoms with van der Waals surface area (Å²) >= 11 is 0. The number of aromatic nitrogens is 2. The lowest BCUT2D eigenvalue weighted by atomic mass is 9.97. The molecule has 2 N–H and O–H groups in total. The van der Waals surface area contributed by atoms with Gasteiger partial charge in [0.05, 0.1) is 13.7 Å². The lowest BCUT2D eigenvalue weighted by molar-refractivity contribution is -0.130. The fourth-order valence-electron chi connectivity index (χ4n) is 4.89. The summed E-state index contributed by atoms with van der Waals surface area (Å²) in [5.41, 5.74) is 1.73. The molecule has 1 aromatic carbocycles. The number of hydrogen-bond acceptors (Lipinski definition) is 8. The van der Waals surface area contributed by atoms with Crippen LogP contribution in [0.1, 0.15) is 44.7 Å². The number of carbonyl (C=O) groups excluding carboxylic acids is 1. The van der Waals surface area contributed by atoms with E-state index in [9.17, 15) is 4.79 Å². The van der Waals surface area contributed by atoms with Gasteiger partial charge in [-0.25, -0.2) is 4.98 Å². The standard InChI is InChI=1S/C27H40N6O3/c1-20-17-26(28-19-22-9-14-33(15-10-22)21(2)34)31-27(29-20)30-23-7-8-24(35-3)25(18-23)36-16-6-13-32-11-4-5-12-32/h7-8,17-18,22H,4-6,9-16,19H2,1-3H3,(H2,28,29,30,31). The van der Waals surface area contributed by atoms with E-state index in [0.717, 1.165) is 62.6 Å². The Kier molecular flexibility index (Phi) is 9.22. The molecule has 1 aromatic heterocycles. The minimum Gasteiger partial charge on any atom is -0.493 e. The van der Waals surface area contributed by atoms with Gasteiger partial charge in [-0.15, -0.1) is 0 Å². The molecule has 2 saturated heterocycles. The number of rotatable bonds is 11. The summed E-state index contributed by atoms with van der Waals surface area (Å²) in [7, 11) is 1.66. The molecular formula is C27H40N6O3. The number of amides is 1. The van der Waals surface area contributed by atoms with E-state index in [1.807, 2.05) is 36.1 Å². The Balaban J connectivity index is 1.32. The number of anilines is 3. The smallest absolute Gasteiger partial charge is 0.229 e. The van der Waals surface area contributed by atoms with E-state index in [2.05, 4.69) is 25.5 Å². The molecule has 2 aromatic rings. The van der Waals surface area contributed by atoms with Gasteiger partial charge in [0.25, 0.3) is 0 Å². The predicted molar refractivity (Wildman–Crippen MR) is 142 cm³/mol. The highest BCUT2D eigenvalue weighted by Gasteiger charge is 2.20. The molecule has 2 aliphatic heterocycles. The Hall–Kier alpha value is -3.07. The maximum absolute atomic E-state index is 11.6. The Morgan fingerprint density at radius 1 is 1.08 bits per heavy atom. The summed E-state index contributed by atoms with van der Waals surface area (Å²) in [6.07, 6.45) is 5.62. The third-order valence-electron chi connectivity index (χ3n) is 6.98. The largest absolute Gasteiger partial charge is 0.493 e. The topological polar surface area (TPSA) is 91.9 Å². The van der Waals surface area contributed by atoms with Crippen LogP contribution in [0.2, 0.25) is 0 Å². The molecule has 3 heterocycles. The monoisotopic (exact) mass is 496 g/mol. The van der Waals surface area contributed by atoms with Gasteiger partial charge in [0, 0.05) is 56.6 Å². The van der Waals surface area contributed by atoms with Gasteiger partial charge in [-0.05, 0) is 70.2 Å². The molecule has 2 aliphatic rings. The maximum Gasteiger partial charge on any atom is 0.229 e. The summed E-state index contributed by atoms with van der Waals surface area (Å²) in [4.78, 5) is 25.2. The molecule has 196 valence electrons. The first kappa shape index (κ1) is 26.0. The SMILES string of the molecule is COc1ccc(Nc2nc(C)cc(NCC3CCN(C(C)=O)CC3)n2)cc1OCCCN1CCCC1. The molecule has 0 radical (unpaired) electrons. The van der Waals surface area contributed by atoms with Crippen LogP contribution in [0.5, 0.6) is 11.5 Å². The third-order valence-corrected chi connectivity index (χ3v) is 6.98. The van der Waals surface area contributed by atoms with Crippen molar-refractivity contribution in [1.82, 2.24) is 19.8 Å². The summed E-state index contributed by atoms with van der Waals surface area (Å²) in [5, 5.41) is 6.79. The number of nitrogens with zero attached hydrogens (tertiary/aromatic N) is 4. The van der Waals surface area contributed by atoms with Gasteiger partial charge < -0.3 is 29.9 Å². The Morgan fingerprint density at radius 2 is 1.86 bits per heavy atom. The zero-order valence-corrected chi connectivity index (χ0v) is 21.9. The molecular weight excluding hydrogens is 456 g/mol. The van der Waals surface area contributed by atoms with E-state index in [-0.39, 0.29) is 5.91 Å². The number of likely N-dealkylation sites (tertiary alicyclic amines) is 2. The molecule has 1 amide bonds. The van der Waals surface area contributed by atoms with Crippen LogP contribution in [0.15, 0.2) is 24.3 Å². The molecule has 2 fully saturated rings. The highest BCUT2D eigenvalue weighted by Crippen LogP contribution is 2.31. The highest BCUT2D eigenvalue weighted by molar-refractivity contribution is 5.73. The number of methoxy groups -OCH3 is 1. The van der Waals surface area contributed by atoms with Crippen LogP contribution in [0.4, 0.5) is 17.5 Å². The first-order valence-corrected chi connectivity index (χ1v) is 13.2. The molecule has 0 bridgehead atoms. The first-order valence-electron chi connectivity index (χ1n) is 13.2. The Morgan fingerprint density at radius 3 is 2.58 bits per heavy atom. The van der Waals surface area contributed by atoms with Crippen molar-refractivity contribution in [3.05, 3.63) is 30.0 Å². The third kappa shape index (κ3) is 7.46. The Labute approximate surface area is 214 Å². The molecule has 4 rings (SSSR count). The first-order chi connectivity index (χ1) is 17.5. The fourth-order valence-corrected chi connectivity index (χ4v) is 4.89. The fraction of sp³-hybridized carbons (Fsp3) is 0.593. The highest BCUT2D eigenvalue weighted by atomic mass is 16.5. The molecule has 9 nitrogen and oxygen atoms in total. The van der Waals surface area contributed by atoms with Gasteiger partial charge >= 0.3 is 0 Å². The number of hydrogen-bond donors (Lipinski definition) is 2. The van der Waals surface area contributed by atoms with Gasteiger partial charge in [0.2, 0.25) is 11.9 Å². The van der Waals surface area contributed by atoms with E-state index in [4.69, 9.17) is 9.47 Å². The van der Waals surface area contributed by atoms with Gasteiger partial charge in [0.15, 0.2) is 11.5 Å². The molecule has 36 heavy (non-hydrogen) atoms. The van der Waals surface area contributed by atoms with Gasteiger partial charge in [-0.1, -0.05) is 0 Å². The van der Waals surface area contributed by atoms with Crippen molar-refractivity contribution in [1.29, 1.82) is 0 Å². The van der Waals surface area contributed by atoms with Crippen molar-refractivity contribution < 1.29 is 14.3 Å². The number of piperidine rings is 1. The van der Waals surface area contributed by atoms with Crippen molar-refractivity contribution >= 4 is 23.4 Å². The minimum absolute atomic E-state index is 0.165. The predicted octanol–water partition coefficient (Wildman–Crippen LogP) is 4.07. The second-order valence-corrected chi connectivity index (χ2v) is 9.79. The van der Waals surface area contributed by atoms with Gasteiger partial charge in [-0.3, -0.25) is 4.79 Å². The van der Waals surface area contributed by atoms with Crippen LogP contribution >= 0.6 is 0 Å². The zero-order valence-electron chi connectivity index (χ0n) is 21.9. The summed E-state index contributed by atoms with van der Waals surface area (Å²) < 4.78 is 11.6. The van der Waals surface area contributed by atoms with Crippen molar-refractivity contribution in [3.63, 3.8) is 0 Å². The average Bonchev–Trinajstić information content (AvgIpc) is 3.39. The van der Waals surface area contributed by atoms with E-state index < -0.39 is 0 Å². The summed E-state index contributed by atoms with van der Waals surface area (Å²) in [6, 6.07) is 7.74. The van der Waals surface area contributed by atoms with E-state index in [0.29, 0.717) is 30.0 Å². The van der Waals surface area contributed by atoms with Crippen LogP contribution in [0.25, 0.3) is 0 Å². The molecule has 0 atom stereocenters. The number of benzene rings is 1. The molecule has 0 aliphatic carbocycles. The number of ether oxygens (including phenoxy) is 2. The van der Waals surface area contributed by atoms with E-state index >= 15 is 0 Å². The van der Waals surface area contributed by atoms with Crippen LogP contribution < -0.4 is 20.1 Å². The molecule has 0 saturated carbocycles. The molecule has 0 spiro atoms. The van der Waals surface area contributed by atoms with Crippen molar-refractivity contribution in [2.45, 2.75) is 46.0 Å². The summed E-state index contributed by atoms with van der Waals surface area (Å²) in [5.74, 6) is 3.45. The van der Waals surface area contributed by atoms with Gasteiger partial charge in [0.1, 0.15) is 5.82 Å². The Bertz CT molecular complexity index is 1000. The van der Waals surface area contributed by atoms with Crippen molar-refractivity contribution in [2.24, 2.45) is 5.92 Å². The van der Waals surface area contributed by atoms with Crippen LogP contribution in [-0.2, 0) is 4.79 Å². The number of carbonyl (C=O) groups is 1. The number of nitrogens with one attached hydrogen (secondary N) is 2. The number of aryl methyl sites for hydroxylation is 1. The lowest BCUT2D eigenvalue weighted by Gasteiger charge is -2.31. The normalized spacial score (nSPS) is 16.7. The van der Waals surface area contributed by atoms with Crippen molar-refractivity contribution in [2.75, 3.05) is 63.6 Å². The second-order valence-electron chi connectivity index (χ2n) is 9.79. The zero-order chi connectivity index (χ0) is 25.3. The molecule has 0 unspecified atom stereocenters. The van der Waals surface area contributed by atoms with Gasteiger partial charge in [-0.2, -0.15) is 4.98 Å². The quantitative estimate of drug-likeness (QED) is 0.450. The van der Waals surface area contributed by atoms with E-state index in [1.165, 1.54) is 25.9 Å². The second kappa shape index (κ2) is 12.8. The van der Waals surface area contributed by atoms with E-state index in [1.54, 1.807) is 14.0 Å². The minimum atomic E-state index is 0.165. The molecule has 9 heteroatoms.